The molecule has 7 heteroatoms. The van der Waals surface area contributed by atoms with Crippen molar-refractivity contribution in [3.8, 4) is 0 Å². The Bertz CT molecular complexity index is 326. The number of ether oxygens (including phenoxy) is 2. The standard InChI is InChI=1S/C10H15Cl2N3O2/c1-3-16-9(17-4-2)6-13-8-5-7(11)14-10(12)15-8/h5,9H,3-4,6H2,1-2H3,(H,13,14,15). The van der Waals surface area contributed by atoms with Gasteiger partial charge in [0.1, 0.15) is 11.0 Å². The molecule has 0 amide bonds. The van der Waals surface area contributed by atoms with Crippen LogP contribution in [0.4, 0.5) is 5.82 Å². The van der Waals surface area contributed by atoms with Gasteiger partial charge < -0.3 is 14.8 Å². The quantitative estimate of drug-likeness (QED) is 0.472. The van der Waals surface area contributed by atoms with Crippen LogP contribution in [-0.4, -0.2) is 36.0 Å². The van der Waals surface area contributed by atoms with E-state index in [0.717, 1.165) is 0 Å². The zero-order valence-electron chi connectivity index (χ0n) is 9.74. The number of hydrogen-bond acceptors (Lipinski definition) is 5. The summed E-state index contributed by atoms with van der Waals surface area (Å²) in [6.07, 6.45) is -0.322. The normalized spacial score (nSPS) is 10.9. The van der Waals surface area contributed by atoms with Crippen LogP contribution in [0.15, 0.2) is 6.07 Å². The molecule has 1 N–H and O–H groups in total. The fourth-order valence-corrected chi connectivity index (χ4v) is 1.61. The maximum Gasteiger partial charge on any atom is 0.225 e. The van der Waals surface area contributed by atoms with E-state index in [2.05, 4.69) is 15.3 Å². The predicted octanol–water partition coefficient (Wildman–Crippen LogP) is 2.59. The summed E-state index contributed by atoms with van der Waals surface area (Å²) in [6, 6.07) is 1.59. The molecule has 1 aromatic rings. The Morgan fingerprint density at radius 3 is 2.41 bits per heavy atom. The molecule has 1 aromatic heterocycles. The molecule has 0 unspecified atom stereocenters. The molecule has 96 valence electrons. The highest BCUT2D eigenvalue weighted by atomic mass is 35.5. The number of hydrogen-bond donors (Lipinski definition) is 1. The highest BCUT2D eigenvalue weighted by Gasteiger charge is 2.08. The van der Waals surface area contributed by atoms with Gasteiger partial charge in [-0.15, -0.1) is 0 Å². The van der Waals surface area contributed by atoms with Gasteiger partial charge >= 0.3 is 0 Å². The summed E-state index contributed by atoms with van der Waals surface area (Å²) in [5.74, 6) is 0.541. The summed E-state index contributed by atoms with van der Waals surface area (Å²) in [6.45, 7) is 5.44. The van der Waals surface area contributed by atoms with Gasteiger partial charge in [0.2, 0.25) is 5.28 Å². The summed E-state index contributed by atoms with van der Waals surface area (Å²) in [7, 11) is 0. The molecule has 0 saturated carbocycles. The molecule has 0 atom stereocenters. The van der Waals surface area contributed by atoms with E-state index in [4.69, 9.17) is 32.7 Å². The van der Waals surface area contributed by atoms with Gasteiger partial charge in [-0.2, -0.15) is 0 Å². The second-order valence-corrected chi connectivity index (χ2v) is 3.79. The lowest BCUT2D eigenvalue weighted by Crippen LogP contribution is -2.26. The van der Waals surface area contributed by atoms with Crippen LogP contribution in [0.25, 0.3) is 0 Å². The Morgan fingerprint density at radius 1 is 1.24 bits per heavy atom. The lowest BCUT2D eigenvalue weighted by Gasteiger charge is -2.17. The van der Waals surface area contributed by atoms with Crippen molar-refractivity contribution in [2.45, 2.75) is 20.1 Å². The van der Waals surface area contributed by atoms with E-state index in [9.17, 15) is 0 Å². The van der Waals surface area contributed by atoms with Gasteiger partial charge in [-0.3, -0.25) is 0 Å². The molecule has 17 heavy (non-hydrogen) atoms. The van der Waals surface area contributed by atoms with Crippen molar-refractivity contribution in [1.29, 1.82) is 0 Å². The second-order valence-electron chi connectivity index (χ2n) is 3.07. The van der Waals surface area contributed by atoms with Crippen LogP contribution in [0.3, 0.4) is 0 Å². The van der Waals surface area contributed by atoms with Gasteiger partial charge in [0.05, 0.1) is 6.54 Å². The minimum absolute atomic E-state index is 0.101. The monoisotopic (exact) mass is 279 g/mol. The lowest BCUT2D eigenvalue weighted by molar-refractivity contribution is -0.126. The van der Waals surface area contributed by atoms with Gasteiger partial charge in [-0.1, -0.05) is 11.6 Å². The van der Waals surface area contributed by atoms with Crippen molar-refractivity contribution in [2.24, 2.45) is 0 Å². The SMILES string of the molecule is CCOC(CNc1cc(Cl)nc(Cl)n1)OCC. The molecule has 0 aliphatic rings. The molecule has 0 aliphatic heterocycles. The summed E-state index contributed by atoms with van der Waals surface area (Å²) < 4.78 is 10.7. The van der Waals surface area contributed by atoms with Gasteiger partial charge in [-0.05, 0) is 25.4 Å². The Hall–Kier alpha value is -0.620. The van der Waals surface area contributed by atoms with E-state index >= 15 is 0 Å². The average Bonchev–Trinajstić information content (AvgIpc) is 2.25. The summed E-state index contributed by atoms with van der Waals surface area (Å²) in [4.78, 5) is 7.73. The third-order valence-electron chi connectivity index (χ3n) is 1.82. The summed E-state index contributed by atoms with van der Waals surface area (Å²) >= 11 is 11.4. The fourth-order valence-electron chi connectivity index (χ4n) is 1.21. The summed E-state index contributed by atoms with van der Waals surface area (Å²) in [5.41, 5.74) is 0. The topological polar surface area (TPSA) is 56.3 Å². The Balaban J connectivity index is 2.52. The molecule has 1 rings (SSSR count). The number of anilines is 1. The van der Waals surface area contributed by atoms with E-state index in [1.807, 2.05) is 13.8 Å². The van der Waals surface area contributed by atoms with Crippen molar-refractivity contribution in [3.05, 3.63) is 16.5 Å². The van der Waals surface area contributed by atoms with Crippen LogP contribution < -0.4 is 5.32 Å². The molecule has 0 aromatic carbocycles. The maximum atomic E-state index is 5.75. The zero-order chi connectivity index (χ0) is 12.7. The van der Waals surface area contributed by atoms with Crippen LogP contribution in [0, 0.1) is 0 Å². The summed E-state index contributed by atoms with van der Waals surface area (Å²) in [5, 5.41) is 3.42. The smallest absolute Gasteiger partial charge is 0.225 e. The highest BCUT2D eigenvalue weighted by Crippen LogP contribution is 2.14. The molecular weight excluding hydrogens is 265 g/mol. The van der Waals surface area contributed by atoms with Crippen molar-refractivity contribution in [2.75, 3.05) is 25.1 Å². The number of nitrogens with one attached hydrogen (secondary N) is 1. The maximum absolute atomic E-state index is 5.75. The third-order valence-corrected chi connectivity index (χ3v) is 2.19. The molecule has 0 fully saturated rings. The second kappa shape index (κ2) is 7.66. The van der Waals surface area contributed by atoms with Crippen LogP contribution >= 0.6 is 23.2 Å². The van der Waals surface area contributed by atoms with E-state index in [1.54, 1.807) is 6.07 Å². The largest absolute Gasteiger partial charge is 0.365 e. The first-order chi connectivity index (χ1) is 8.15. The van der Waals surface area contributed by atoms with E-state index in [1.165, 1.54) is 0 Å². The van der Waals surface area contributed by atoms with Crippen molar-refractivity contribution >= 4 is 29.0 Å². The minimum atomic E-state index is -0.322. The molecule has 0 saturated heterocycles. The molecule has 0 radical (unpaired) electrons. The first-order valence-electron chi connectivity index (χ1n) is 5.32. The fraction of sp³-hybridized carbons (Fsp3) is 0.600. The molecular formula is C10H15Cl2N3O2. The highest BCUT2D eigenvalue weighted by molar-refractivity contribution is 6.32. The van der Waals surface area contributed by atoms with Crippen LogP contribution in [0.5, 0.6) is 0 Å². The molecule has 0 aliphatic carbocycles. The minimum Gasteiger partial charge on any atom is -0.365 e. The first kappa shape index (κ1) is 14.4. The molecule has 0 bridgehead atoms. The van der Waals surface area contributed by atoms with E-state index in [-0.39, 0.29) is 16.7 Å². The van der Waals surface area contributed by atoms with Crippen LogP contribution in [0.2, 0.25) is 10.4 Å². The lowest BCUT2D eigenvalue weighted by atomic mass is 10.5. The number of nitrogens with zero attached hydrogens (tertiary/aromatic N) is 2. The molecule has 1 heterocycles. The van der Waals surface area contributed by atoms with Gasteiger partial charge in [0.25, 0.3) is 0 Å². The van der Waals surface area contributed by atoms with Crippen LogP contribution in [-0.2, 0) is 9.47 Å². The van der Waals surface area contributed by atoms with Crippen molar-refractivity contribution in [3.63, 3.8) is 0 Å². The number of halogens is 2. The first-order valence-corrected chi connectivity index (χ1v) is 6.08. The van der Waals surface area contributed by atoms with E-state index in [0.29, 0.717) is 25.6 Å². The zero-order valence-corrected chi connectivity index (χ0v) is 11.3. The Kier molecular flexibility index (Phi) is 6.50. The predicted molar refractivity (Wildman–Crippen MR) is 67.6 cm³/mol. The van der Waals surface area contributed by atoms with E-state index < -0.39 is 0 Å². The average molecular weight is 280 g/mol. The van der Waals surface area contributed by atoms with Gasteiger partial charge in [0, 0.05) is 19.3 Å². The van der Waals surface area contributed by atoms with Crippen molar-refractivity contribution < 1.29 is 9.47 Å². The van der Waals surface area contributed by atoms with Crippen molar-refractivity contribution in [1.82, 2.24) is 9.97 Å². The molecule has 0 spiro atoms. The van der Waals surface area contributed by atoms with Gasteiger partial charge in [0.15, 0.2) is 6.29 Å². The van der Waals surface area contributed by atoms with Gasteiger partial charge in [-0.25, -0.2) is 9.97 Å². The number of aromatic nitrogens is 2. The molecule has 5 nitrogen and oxygen atoms in total. The third kappa shape index (κ3) is 5.50. The Labute approximate surface area is 110 Å². The van der Waals surface area contributed by atoms with Crippen LogP contribution in [0.1, 0.15) is 13.8 Å². The number of rotatable bonds is 7. The Morgan fingerprint density at radius 2 is 1.88 bits per heavy atom.